The lowest BCUT2D eigenvalue weighted by molar-refractivity contribution is -0.393. The van der Waals surface area contributed by atoms with Crippen LogP contribution in [0.5, 0.6) is 0 Å². The summed E-state index contributed by atoms with van der Waals surface area (Å²) in [5.41, 5.74) is 0. The molecule has 4 fully saturated rings. The predicted octanol–water partition coefficient (Wildman–Crippen LogP) is -8.28. The summed E-state index contributed by atoms with van der Waals surface area (Å²) in [6.45, 7) is -1.64. The second-order valence-electron chi connectivity index (χ2n) is 11.9. The molecule has 4 saturated heterocycles. The van der Waals surface area contributed by atoms with Gasteiger partial charge in [-0.3, -0.25) is 0 Å². The van der Waals surface area contributed by atoms with E-state index in [1.807, 2.05) is 0 Å². The van der Waals surface area contributed by atoms with Crippen LogP contribution in [0, 0.1) is 0 Å². The summed E-state index contributed by atoms with van der Waals surface area (Å²) < 4.78 is 44.7. The molecule has 21 heteroatoms. The Bertz CT molecular complexity index is 1050. The largest absolute Gasteiger partial charge is 0.450 e. The Morgan fingerprint density at radius 1 is 0.489 bits per heavy atom. The van der Waals surface area contributed by atoms with Crippen LogP contribution in [-0.4, -0.2) is 216 Å². The fourth-order valence-corrected chi connectivity index (χ4v) is 6.15. The molecule has 0 aromatic rings. The molecule has 0 amide bonds. The molecule has 21 nitrogen and oxygen atoms in total. The highest BCUT2D eigenvalue weighted by molar-refractivity contribution is 5.75. The van der Waals surface area contributed by atoms with Crippen LogP contribution in [0.1, 0.15) is 6.92 Å². The van der Waals surface area contributed by atoms with Crippen LogP contribution < -0.4 is 0 Å². The maximum Gasteiger partial charge on any atom is 0.227 e. The van der Waals surface area contributed by atoms with Crippen molar-refractivity contribution in [2.45, 2.75) is 130 Å². The average molecular weight is 690 g/mol. The molecule has 0 aliphatic carbocycles. The number of rotatable bonds is 10. The Balaban J connectivity index is 1.32. The molecular weight excluding hydrogens is 646 g/mol. The van der Waals surface area contributed by atoms with Gasteiger partial charge in [0.1, 0.15) is 97.6 Å². The lowest BCUT2D eigenvalue weighted by atomic mass is 9.95. The third kappa shape index (κ3) is 7.16. The fourth-order valence-electron chi connectivity index (χ4n) is 6.15. The normalized spacial score (nSPS) is 52.1. The van der Waals surface area contributed by atoms with Gasteiger partial charge >= 0.3 is 0 Å². The van der Waals surface area contributed by atoms with Crippen molar-refractivity contribution in [3.8, 4) is 0 Å². The van der Waals surface area contributed by atoms with Crippen molar-refractivity contribution >= 4 is 5.90 Å². The number of hydrogen-bond acceptors (Lipinski definition) is 21. The molecule has 5 rings (SSSR count). The lowest BCUT2D eigenvalue weighted by Crippen LogP contribution is -2.67. The topological polar surface area (TPSA) is 329 Å². The maximum absolute atomic E-state index is 11.1. The highest BCUT2D eigenvalue weighted by Crippen LogP contribution is 2.36. The van der Waals surface area contributed by atoms with Gasteiger partial charge in [0.15, 0.2) is 24.8 Å². The average Bonchev–Trinajstić information content (AvgIpc) is 3.44. The van der Waals surface area contributed by atoms with E-state index in [0.29, 0.717) is 0 Å². The van der Waals surface area contributed by atoms with Gasteiger partial charge in [-0.1, -0.05) is 0 Å². The minimum atomic E-state index is -1.95. The van der Waals surface area contributed by atoms with Crippen molar-refractivity contribution in [3.63, 3.8) is 0 Å². The molecule has 272 valence electrons. The van der Waals surface area contributed by atoms with Gasteiger partial charge in [0.05, 0.1) is 26.4 Å². The molecule has 20 atom stereocenters. The first-order valence-electron chi connectivity index (χ1n) is 15.0. The highest BCUT2D eigenvalue weighted by atomic mass is 16.8. The van der Waals surface area contributed by atoms with Crippen LogP contribution >= 0.6 is 0 Å². The summed E-state index contributed by atoms with van der Waals surface area (Å²) in [6, 6.07) is -0.941. The first-order chi connectivity index (χ1) is 22.3. The van der Waals surface area contributed by atoms with Crippen LogP contribution in [0.15, 0.2) is 4.99 Å². The number of ether oxygens (including phenoxy) is 8. The maximum atomic E-state index is 11.1. The summed E-state index contributed by atoms with van der Waals surface area (Å²) in [5.74, 6) is 0.223. The minimum absolute atomic E-state index is 0.223. The third-order valence-electron chi connectivity index (χ3n) is 8.81. The summed E-state index contributed by atoms with van der Waals surface area (Å²) >= 11 is 0. The number of aliphatic imine (C=N–C) groups is 1. The molecular formula is C26H43NO20. The number of hydrogen-bond donors (Lipinski definition) is 12. The Morgan fingerprint density at radius 2 is 0.915 bits per heavy atom. The van der Waals surface area contributed by atoms with E-state index in [1.54, 1.807) is 0 Å². The number of aliphatic hydroxyl groups excluding tert-OH is 12. The standard InChI is InChI=1S/C26H43NO20/c1-6-27-11-14(34)20(9(4-30)43-23(11)40-6)45-25-19(39)17(37)21(10(5-31)44-25)46-26-22(16(36)13(33)8(3-29)42-26)47-24-18(38)15(35)12(32)7(2-28)41-24/h7-26,28-39H,2-5H2,1H3/t7?,8?,9?,10?,11?,12-,13-,14-,15+,16+,17-,18?,19?,20-,21-,22?,23+,24-,25+,26-/m1/s1. The zero-order valence-corrected chi connectivity index (χ0v) is 25.0. The highest BCUT2D eigenvalue weighted by Gasteiger charge is 2.56. The van der Waals surface area contributed by atoms with Gasteiger partial charge in [-0.2, -0.15) is 0 Å². The quantitative estimate of drug-likeness (QED) is 0.101. The zero-order chi connectivity index (χ0) is 34.3. The van der Waals surface area contributed by atoms with Crippen molar-refractivity contribution in [3.05, 3.63) is 0 Å². The molecule has 12 N–H and O–H groups in total. The SMILES string of the molecule is CC1=NC2[C@@H](O1)OC(CO)[C@@H](O[C@@H]1OC(CO)[C@@H](O[C@H]3OC(CO)[C@@H](O)[C@H](O)C3O[C@H]3OC(CO)[C@@H](O)[C@H](O)C3O)[C@H](O)C1O)[C@@H]2O. The van der Waals surface area contributed by atoms with Gasteiger partial charge in [-0.15, -0.1) is 0 Å². The second-order valence-corrected chi connectivity index (χ2v) is 11.9. The van der Waals surface area contributed by atoms with Gasteiger partial charge in [0.2, 0.25) is 6.29 Å². The monoisotopic (exact) mass is 689 g/mol. The Kier molecular flexibility index (Phi) is 12.0. The van der Waals surface area contributed by atoms with Crippen molar-refractivity contribution in [1.82, 2.24) is 0 Å². The Hall–Kier alpha value is -1.29. The number of nitrogens with zero attached hydrogens (tertiary/aromatic N) is 1. The van der Waals surface area contributed by atoms with Gasteiger partial charge in [-0.05, 0) is 0 Å². The Labute approximate surface area is 266 Å². The molecule has 47 heavy (non-hydrogen) atoms. The summed E-state index contributed by atoms with van der Waals surface area (Å²) in [7, 11) is 0. The molecule has 0 bridgehead atoms. The second kappa shape index (κ2) is 15.3. The minimum Gasteiger partial charge on any atom is -0.450 e. The molecule has 5 aliphatic rings. The third-order valence-corrected chi connectivity index (χ3v) is 8.81. The van der Waals surface area contributed by atoms with Crippen LogP contribution in [0.25, 0.3) is 0 Å². The summed E-state index contributed by atoms with van der Waals surface area (Å²) in [5, 5.41) is 124. The van der Waals surface area contributed by atoms with Crippen LogP contribution in [0.3, 0.4) is 0 Å². The van der Waals surface area contributed by atoms with Gasteiger partial charge in [-0.25, -0.2) is 4.99 Å². The Morgan fingerprint density at radius 3 is 1.51 bits per heavy atom. The van der Waals surface area contributed by atoms with E-state index in [-0.39, 0.29) is 5.90 Å². The van der Waals surface area contributed by atoms with E-state index in [9.17, 15) is 61.3 Å². The van der Waals surface area contributed by atoms with E-state index in [0.717, 1.165) is 0 Å². The van der Waals surface area contributed by atoms with E-state index < -0.39 is 149 Å². The molecule has 5 aliphatic heterocycles. The van der Waals surface area contributed by atoms with Crippen molar-refractivity contribution in [2.24, 2.45) is 4.99 Å². The molecule has 0 aromatic carbocycles. The van der Waals surface area contributed by atoms with Crippen molar-refractivity contribution < 1.29 is 99.2 Å². The first-order valence-corrected chi connectivity index (χ1v) is 15.0. The van der Waals surface area contributed by atoms with E-state index >= 15 is 0 Å². The van der Waals surface area contributed by atoms with Gasteiger partial charge in [0.25, 0.3) is 0 Å². The zero-order valence-electron chi connectivity index (χ0n) is 25.0. The van der Waals surface area contributed by atoms with E-state index in [2.05, 4.69) is 4.99 Å². The molecule has 8 unspecified atom stereocenters. The summed E-state index contributed by atoms with van der Waals surface area (Å²) in [4.78, 5) is 4.14. The predicted molar refractivity (Wildman–Crippen MR) is 144 cm³/mol. The van der Waals surface area contributed by atoms with Crippen LogP contribution in [0.4, 0.5) is 0 Å². The fraction of sp³-hybridized carbons (Fsp3) is 0.962. The van der Waals surface area contributed by atoms with Crippen LogP contribution in [-0.2, 0) is 37.9 Å². The lowest BCUT2D eigenvalue weighted by Gasteiger charge is -2.49. The summed E-state index contributed by atoms with van der Waals surface area (Å²) in [6.07, 6.45) is -31.5. The molecule has 5 heterocycles. The van der Waals surface area contributed by atoms with E-state index in [4.69, 9.17) is 37.9 Å². The van der Waals surface area contributed by atoms with Crippen molar-refractivity contribution in [2.75, 3.05) is 26.4 Å². The van der Waals surface area contributed by atoms with Gasteiger partial charge in [0, 0.05) is 6.92 Å². The number of fused-ring (bicyclic) bond motifs is 1. The van der Waals surface area contributed by atoms with Gasteiger partial charge < -0.3 is 99.2 Å². The van der Waals surface area contributed by atoms with Crippen molar-refractivity contribution in [1.29, 1.82) is 0 Å². The number of aliphatic hydroxyl groups is 12. The smallest absolute Gasteiger partial charge is 0.227 e. The molecule has 0 radical (unpaired) electrons. The molecule has 0 aromatic heterocycles. The molecule has 0 saturated carbocycles. The van der Waals surface area contributed by atoms with E-state index in [1.165, 1.54) is 6.92 Å². The van der Waals surface area contributed by atoms with Crippen LogP contribution in [0.2, 0.25) is 0 Å². The first kappa shape index (κ1) is 37.0. The molecule has 0 spiro atoms.